The third-order valence-corrected chi connectivity index (χ3v) is 5.97. The lowest BCUT2D eigenvalue weighted by Gasteiger charge is -2.24. The van der Waals surface area contributed by atoms with E-state index in [4.69, 9.17) is 33.3 Å². The molecule has 0 bridgehead atoms. The van der Waals surface area contributed by atoms with Crippen molar-refractivity contribution in [3.05, 3.63) is 105 Å². The molecule has 5 rings (SSSR count). The third-order valence-electron chi connectivity index (χ3n) is 4.93. The van der Waals surface area contributed by atoms with E-state index in [1.807, 2.05) is 65.3 Å². The Kier molecular flexibility index (Phi) is 5.11. The molecular weight excluding hydrogens is 483 g/mol. The fourth-order valence-electron chi connectivity index (χ4n) is 3.41. The molecule has 1 atom stereocenters. The summed E-state index contributed by atoms with van der Waals surface area (Å²) < 4.78 is 2.93. The van der Waals surface area contributed by atoms with Crippen LogP contribution in [-0.4, -0.2) is 14.8 Å². The quantitative estimate of drug-likeness (QED) is 0.329. The Hall–Kier alpha value is -2.60. The minimum Gasteiger partial charge on any atom is -0.324 e. The minimum absolute atomic E-state index is 0.120. The van der Waals surface area contributed by atoms with Gasteiger partial charge in [0.2, 0.25) is 5.95 Å². The number of nitrogens with one attached hydrogen (secondary N) is 1. The number of benzene rings is 3. The van der Waals surface area contributed by atoms with Crippen LogP contribution in [0.2, 0.25) is 10.0 Å². The average molecular weight is 498 g/mol. The van der Waals surface area contributed by atoms with E-state index in [0.29, 0.717) is 21.8 Å². The highest BCUT2D eigenvalue weighted by atomic mass is 79.9. The summed E-state index contributed by atoms with van der Waals surface area (Å²) in [5.41, 5.74) is 4.02. The van der Waals surface area contributed by atoms with Gasteiger partial charge in [0.25, 0.3) is 0 Å². The number of hydrogen-bond donors (Lipinski definition) is 1. The molecule has 2 heterocycles. The first kappa shape index (κ1) is 19.4. The number of rotatable bonds is 3. The van der Waals surface area contributed by atoms with E-state index < -0.39 is 0 Å². The number of allylic oxidation sites excluding steroid dienone is 1. The van der Waals surface area contributed by atoms with E-state index in [-0.39, 0.29) is 6.04 Å². The summed E-state index contributed by atoms with van der Waals surface area (Å²) in [5, 5.41) is 9.60. The van der Waals surface area contributed by atoms with Crippen molar-refractivity contribution in [3.63, 3.8) is 0 Å². The number of aromatic nitrogens is 3. The molecule has 0 saturated heterocycles. The molecule has 0 unspecified atom stereocenters. The average Bonchev–Trinajstić information content (AvgIpc) is 3.19. The smallest absolute Gasteiger partial charge is 0.227 e. The SMILES string of the molecule is Clc1ccc(-c2nc3n(n2)[C@@H](c2ccc(Cl)cc2)C=C(c2ccc(Br)cc2)N3)cc1. The molecule has 30 heavy (non-hydrogen) atoms. The molecule has 0 saturated carbocycles. The summed E-state index contributed by atoms with van der Waals surface area (Å²) in [4.78, 5) is 4.76. The maximum Gasteiger partial charge on any atom is 0.227 e. The summed E-state index contributed by atoms with van der Waals surface area (Å²) >= 11 is 15.6. The van der Waals surface area contributed by atoms with Gasteiger partial charge >= 0.3 is 0 Å². The zero-order valence-corrected chi connectivity index (χ0v) is 18.7. The van der Waals surface area contributed by atoms with Crippen molar-refractivity contribution in [2.45, 2.75) is 6.04 Å². The molecule has 0 radical (unpaired) electrons. The van der Waals surface area contributed by atoms with Crippen LogP contribution >= 0.6 is 39.1 Å². The number of nitrogens with zero attached hydrogens (tertiary/aromatic N) is 3. The van der Waals surface area contributed by atoms with Crippen molar-refractivity contribution < 1.29 is 0 Å². The lowest BCUT2D eigenvalue weighted by Crippen LogP contribution is -2.20. The Labute approximate surface area is 192 Å². The van der Waals surface area contributed by atoms with Gasteiger partial charge < -0.3 is 5.32 Å². The van der Waals surface area contributed by atoms with E-state index in [1.54, 1.807) is 0 Å². The summed E-state index contributed by atoms with van der Waals surface area (Å²) in [7, 11) is 0. The maximum atomic E-state index is 6.11. The third kappa shape index (κ3) is 3.76. The molecule has 4 aromatic rings. The predicted molar refractivity (Wildman–Crippen MR) is 126 cm³/mol. The van der Waals surface area contributed by atoms with Gasteiger partial charge in [0.05, 0.1) is 0 Å². The Bertz CT molecular complexity index is 1230. The van der Waals surface area contributed by atoms with Gasteiger partial charge in [-0.05, 0) is 65.7 Å². The van der Waals surface area contributed by atoms with Crippen LogP contribution in [0, 0.1) is 0 Å². The molecule has 1 aliphatic rings. The molecule has 4 nitrogen and oxygen atoms in total. The summed E-state index contributed by atoms with van der Waals surface area (Å²) in [6.45, 7) is 0. The van der Waals surface area contributed by atoms with Gasteiger partial charge in [0.15, 0.2) is 5.82 Å². The minimum atomic E-state index is -0.120. The van der Waals surface area contributed by atoms with Crippen LogP contribution in [0.1, 0.15) is 17.2 Å². The molecule has 3 aromatic carbocycles. The fraction of sp³-hybridized carbons (Fsp3) is 0.0435. The van der Waals surface area contributed by atoms with Crippen LogP contribution in [-0.2, 0) is 0 Å². The Morgan fingerprint density at radius 2 is 1.40 bits per heavy atom. The Morgan fingerprint density at radius 3 is 2.07 bits per heavy atom. The van der Waals surface area contributed by atoms with Crippen molar-refractivity contribution in [3.8, 4) is 11.4 Å². The van der Waals surface area contributed by atoms with Crippen LogP contribution < -0.4 is 5.32 Å². The highest BCUT2D eigenvalue weighted by molar-refractivity contribution is 9.10. The van der Waals surface area contributed by atoms with Gasteiger partial charge in [0, 0.05) is 25.8 Å². The summed E-state index contributed by atoms with van der Waals surface area (Å²) in [6, 6.07) is 23.4. The number of anilines is 1. The van der Waals surface area contributed by atoms with E-state index in [1.165, 1.54) is 0 Å². The Morgan fingerprint density at radius 1 is 0.800 bits per heavy atom. The van der Waals surface area contributed by atoms with E-state index in [9.17, 15) is 0 Å². The summed E-state index contributed by atoms with van der Waals surface area (Å²) in [6.07, 6.45) is 2.15. The lowest BCUT2D eigenvalue weighted by molar-refractivity contribution is 0.613. The topological polar surface area (TPSA) is 42.7 Å². The second kappa shape index (κ2) is 7.91. The zero-order valence-electron chi connectivity index (χ0n) is 15.6. The van der Waals surface area contributed by atoms with Crippen LogP contribution in [0.15, 0.2) is 83.3 Å². The van der Waals surface area contributed by atoms with Crippen molar-refractivity contribution in [1.82, 2.24) is 14.8 Å². The monoisotopic (exact) mass is 496 g/mol. The molecule has 148 valence electrons. The highest BCUT2D eigenvalue weighted by Gasteiger charge is 2.25. The van der Waals surface area contributed by atoms with E-state index in [2.05, 4.69) is 39.5 Å². The van der Waals surface area contributed by atoms with Gasteiger partial charge in [-0.3, -0.25) is 0 Å². The first-order valence-electron chi connectivity index (χ1n) is 9.29. The maximum absolute atomic E-state index is 6.11. The van der Waals surface area contributed by atoms with Gasteiger partial charge in [-0.25, -0.2) is 4.68 Å². The van der Waals surface area contributed by atoms with Crippen LogP contribution in [0.3, 0.4) is 0 Å². The summed E-state index contributed by atoms with van der Waals surface area (Å²) in [5.74, 6) is 1.32. The van der Waals surface area contributed by atoms with Gasteiger partial charge in [0.1, 0.15) is 6.04 Å². The van der Waals surface area contributed by atoms with Crippen molar-refractivity contribution in [2.24, 2.45) is 0 Å². The normalized spacial score (nSPS) is 15.3. The van der Waals surface area contributed by atoms with E-state index >= 15 is 0 Å². The number of hydrogen-bond acceptors (Lipinski definition) is 3. The first-order chi connectivity index (χ1) is 14.6. The molecule has 1 N–H and O–H groups in total. The van der Waals surface area contributed by atoms with E-state index in [0.717, 1.165) is 26.9 Å². The van der Waals surface area contributed by atoms with Gasteiger partial charge in [-0.2, -0.15) is 4.98 Å². The largest absolute Gasteiger partial charge is 0.324 e. The molecule has 7 heteroatoms. The first-order valence-corrected chi connectivity index (χ1v) is 10.8. The Balaban J connectivity index is 1.61. The second-order valence-electron chi connectivity index (χ2n) is 6.92. The van der Waals surface area contributed by atoms with Crippen LogP contribution in [0.5, 0.6) is 0 Å². The second-order valence-corrected chi connectivity index (χ2v) is 8.71. The molecule has 1 aliphatic heterocycles. The molecule has 1 aromatic heterocycles. The molecule has 0 spiro atoms. The lowest BCUT2D eigenvalue weighted by atomic mass is 10.0. The van der Waals surface area contributed by atoms with Crippen LogP contribution in [0.4, 0.5) is 5.95 Å². The number of halogens is 3. The highest BCUT2D eigenvalue weighted by Crippen LogP contribution is 2.34. The molecular formula is C23H15BrCl2N4. The standard InChI is InChI=1S/C23H15BrCl2N4/c24-17-7-1-14(2-8-17)20-13-21(15-3-9-18(25)10-4-15)30-23(27-20)28-22(29-30)16-5-11-19(26)12-6-16/h1-13,21H,(H,27,28,29)/t21-/m1/s1. The fourth-order valence-corrected chi connectivity index (χ4v) is 3.93. The molecule has 0 amide bonds. The molecule has 0 aliphatic carbocycles. The predicted octanol–water partition coefficient (Wildman–Crippen LogP) is 7.07. The van der Waals surface area contributed by atoms with Crippen molar-refractivity contribution in [1.29, 1.82) is 0 Å². The van der Waals surface area contributed by atoms with Crippen molar-refractivity contribution >= 4 is 50.8 Å². The number of fused-ring (bicyclic) bond motifs is 1. The molecule has 0 fully saturated rings. The van der Waals surface area contributed by atoms with Gasteiger partial charge in [-0.1, -0.05) is 63.4 Å². The van der Waals surface area contributed by atoms with Crippen molar-refractivity contribution in [2.75, 3.05) is 5.32 Å². The van der Waals surface area contributed by atoms with Gasteiger partial charge in [-0.15, -0.1) is 5.10 Å². The van der Waals surface area contributed by atoms with Crippen LogP contribution in [0.25, 0.3) is 17.1 Å². The zero-order chi connectivity index (χ0) is 20.7.